The lowest BCUT2D eigenvalue weighted by atomic mass is 9.86. The zero-order valence-electron chi connectivity index (χ0n) is 12.0. The van der Waals surface area contributed by atoms with E-state index >= 15 is 0 Å². The largest absolute Gasteiger partial charge is 0.391 e. The molecule has 0 aromatic heterocycles. The van der Waals surface area contributed by atoms with Crippen molar-refractivity contribution in [1.82, 2.24) is 4.90 Å². The van der Waals surface area contributed by atoms with Crippen molar-refractivity contribution in [3.63, 3.8) is 0 Å². The van der Waals surface area contributed by atoms with Gasteiger partial charge < -0.3 is 5.11 Å². The van der Waals surface area contributed by atoms with Crippen molar-refractivity contribution in [3.8, 4) is 0 Å². The predicted molar refractivity (Wildman–Crippen MR) is 91.0 cm³/mol. The lowest BCUT2D eigenvalue weighted by Gasteiger charge is -2.41. The summed E-state index contributed by atoms with van der Waals surface area (Å²) in [5.74, 6) is 0.712. The molecule has 0 spiro atoms. The molecule has 2 aliphatic rings. The average Bonchev–Trinajstić information content (AvgIpc) is 2.49. The van der Waals surface area contributed by atoms with Crippen LogP contribution in [-0.4, -0.2) is 35.2 Å². The van der Waals surface area contributed by atoms with Crippen LogP contribution in [0.5, 0.6) is 0 Å². The predicted octanol–water partition coefficient (Wildman–Crippen LogP) is 3.77. The van der Waals surface area contributed by atoms with Crippen molar-refractivity contribution >= 4 is 22.6 Å². The molecule has 0 radical (unpaired) electrons. The van der Waals surface area contributed by atoms with Crippen LogP contribution in [0.25, 0.3) is 0 Å². The number of aliphatic hydroxyl groups excluding tert-OH is 1. The Kier molecular flexibility index (Phi) is 5.00. The third-order valence-corrected chi connectivity index (χ3v) is 5.75. The molecule has 1 heterocycles. The quantitative estimate of drug-likeness (QED) is 0.786. The van der Waals surface area contributed by atoms with E-state index in [2.05, 4.69) is 51.8 Å². The first-order valence-electron chi connectivity index (χ1n) is 7.91. The molecular weight excluding hydrogens is 359 g/mol. The number of likely N-dealkylation sites (tertiary alicyclic amines) is 1. The van der Waals surface area contributed by atoms with Crippen LogP contribution in [0, 0.1) is 3.57 Å². The molecule has 0 unspecified atom stereocenters. The van der Waals surface area contributed by atoms with E-state index in [4.69, 9.17) is 0 Å². The van der Waals surface area contributed by atoms with Gasteiger partial charge in [-0.25, -0.2) is 0 Å². The molecule has 2 fully saturated rings. The number of piperidine rings is 1. The second-order valence-corrected chi connectivity index (χ2v) is 7.53. The lowest BCUT2D eigenvalue weighted by molar-refractivity contribution is 0.00871. The first-order chi connectivity index (χ1) is 9.74. The van der Waals surface area contributed by atoms with E-state index in [1.54, 1.807) is 0 Å². The number of aliphatic hydroxyl groups is 1. The normalized spacial score (nSPS) is 29.5. The maximum atomic E-state index is 10.2. The van der Waals surface area contributed by atoms with E-state index in [-0.39, 0.29) is 6.10 Å². The highest BCUT2D eigenvalue weighted by atomic mass is 125. The third-order valence-electron chi connectivity index (χ3n) is 5.03. The Morgan fingerprint density at radius 1 is 0.950 bits per heavy atom. The average molecular weight is 383 g/mol. The highest BCUT2D eigenvalue weighted by Crippen LogP contribution is 2.32. The molecule has 1 aromatic rings. The molecule has 20 heavy (non-hydrogen) atoms. The molecule has 2 atom stereocenters. The molecule has 1 aliphatic heterocycles. The number of benzene rings is 1. The minimum Gasteiger partial charge on any atom is -0.391 e. The lowest BCUT2D eigenvalue weighted by Crippen LogP contribution is -2.48. The van der Waals surface area contributed by atoms with Gasteiger partial charge in [0.05, 0.1) is 6.10 Å². The van der Waals surface area contributed by atoms with Gasteiger partial charge >= 0.3 is 0 Å². The maximum absolute atomic E-state index is 10.2. The topological polar surface area (TPSA) is 23.5 Å². The molecule has 0 bridgehead atoms. The molecule has 3 heteroatoms. The molecule has 1 saturated heterocycles. The van der Waals surface area contributed by atoms with E-state index in [1.165, 1.54) is 41.2 Å². The van der Waals surface area contributed by atoms with Crippen LogP contribution >= 0.6 is 22.6 Å². The molecular formula is C17H24INO. The molecule has 1 N–H and O–H groups in total. The minimum atomic E-state index is -0.0846. The van der Waals surface area contributed by atoms with Crippen LogP contribution in [0.15, 0.2) is 24.3 Å². The first-order valence-corrected chi connectivity index (χ1v) is 8.99. The Labute approximate surface area is 135 Å². The van der Waals surface area contributed by atoms with Crippen molar-refractivity contribution in [2.45, 2.75) is 56.6 Å². The van der Waals surface area contributed by atoms with E-state index in [0.717, 1.165) is 19.5 Å². The van der Waals surface area contributed by atoms with E-state index in [1.807, 2.05) is 0 Å². The van der Waals surface area contributed by atoms with Crippen molar-refractivity contribution in [2.75, 3.05) is 13.1 Å². The summed E-state index contributed by atoms with van der Waals surface area (Å²) in [6.07, 6.45) is 7.08. The molecule has 3 rings (SSSR count). The smallest absolute Gasteiger partial charge is 0.0695 e. The van der Waals surface area contributed by atoms with Crippen molar-refractivity contribution in [1.29, 1.82) is 0 Å². The Bertz CT molecular complexity index is 425. The minimum absolute atomic E-state index is 0.0846. The monoisotopic (exact) mass is 383 g/mol. The molecule has 1 aliphatic carbocycles. The summed E-state index contributed by atoms with van der Waals surface area (Å²) >= 11 is 2.37. The number of halogens is 1. The van der Waals surface area contributed by atoms with Gasteiger partial charge in [-0.3, -0.25) is 4.90 Å². The summed E-state index contributed by atoms with van der Waals surface area (Å²) in [5, 5.41) is 10.2. The highest BCUT2D eigenvalue weighted by Gasteiger charge is 2.31. The summed E-state index contributed by atoms with van der Waals surface area (Å²) in [4.78, 5) is 2.55. The number of hydrogen-bond donors (Lipinski definition) is 1. The zero-order chi connectivity index (χ0) is 13.9. The summed E-state index contributed by atoms with van der Waals surface area (Å²) in [6.45, 7) is 2.30. The standard InChI is InChI=1S/C17H24INO/c18-15-7-5-13(6-8-15)14-9-11-19(12-10-14)16-3-1-2-4-17(16)20/h5-8,14,16-17,20H,1-4,9-12H2/t16-,17-/m0/s1/i18-2. The van der Waals surface area contributed by atoms with E-state index in [0.29, 0.717) is 12.0 Å². The summed E-state index contributed by atoms with van der Waals surface area (Å²) in [7, 11) is 0. The van der Waals surface area contributed by atoms with Gasteiger partial charge in [-0.05, 0) is 85.0 Å². The fourth-order valence-corrected chi connectivity index (χ4v) is 4.18. The number of rotatable bonds is 2. The van der Waals surface area contributed by atoms with Gasteiger partial charge in [0.2, 0.25) is 0 Å². The molecule has 2 nitrogen and oxygen atoms in total. The van der Waals surface area contributed by atoms with Gasteiger partial charge in [-0.1, -0.05) is 25.0 Å². The summed E-state index contributed by atoms with van der Waals surface area (Å²) < 4.78 is 1.31. The van der Waals surface area contributed by atoms with E-state index in [9.17, 15) is 5.11 Å². The van der Waals surface area contributed by atoms with Crippen LogP contribution in [-0.2, 0) is 0 Å². The Balaban J connectivity index is 1.57. The third kappa shape index (κ3) is 3.37. The van der Waals surface area contributed by atoms with Gasteiger partial charge in [0.25, 0.3) is 0 Å². The molecule has 0 amide bonds. The Morgan fingerprint density at radius 2 is 1.60 bits per heavy atom. The van der Waals surface area contributed by atoms with Crippen molar-refractivity contribution in [3.05, 3.63) is 33.4 Å². The molecule has 1 saturated carbocycles. The summed E-state index contributed by atoms with van der Waals surface area (Å²) in [6, 6.07) is 9.44. The second-order valence-electron chi connectivity index (χ2n) is 6.28. The molecule has 1 aromatic carbocycles. The van der Waals surface area contributed by atoms with Crippen LogP contribution in [0.1, 0.15) is 50.0 Å². The van der Waals surface area contributed by atoms with E-state index < -0.39 is 0 Å². The van der Waals surface area contributed by atoms with Gasteiger partial charge in [0, 0.05) is 9.61 Å². The number of nitrogens with zero attached hydrogens (tertiary/aromatic N) is 1. The van der Waals surface area contributed by atoms with Crippen LogP contribution in [0.2, 0.25) is 0 Å². The fraction of sp³-hybridized carbons (Fsp3) is 0.647. The number of hydrogen-bond acceptors (Lipinski definition) is 2. The van der Waals surface area contributed by atoms with Crippen molar-refractivity contribution < 1.29 is 5.11 Å². The van der Waals surface area contributed by atoms with Crippen LogP contribution < -0.4 is 0 Å². The maximum Gasteiger partial charge on any atom is 0.0695 e. The fourth-order valence-electron chi connectivity index (χ4n) is 3.82. The highest BCUT2D eigenvalue weighted by molar-refractivity contribution is 14.1. The molecule has 110 valence electrons. The summed E-state index contributed by atoms with van der Waals surface area (Å²) in [5.41, 5.74) is 1.49. The Morgan fingerprint density at radius 3 is 2.25 bits per heavy atom. The second kappa shape index (κ2) is 6.75. The van der Waals surface area contributed by atoms with Gasteiger partial charge in [0.1, 0.15) is 0 Å². The SMILES string of the molecule is O[C@H]1CCCC[C@@H]1N1CCC(c2ccc([125I])cc2)CC1. The van der Waals surface area contributed by atoms with Gasteiger partial charge in [0.15, 0.2) is 0 Å². The van der Waals surface area contributed by atoms with Gasteiger partial charge in [-0.2, -0.15) is 0 Å². The van der Waals surface area contributed by atoms with Gasteiger partial charge in [-0.15, -0.1) is 0 Å². The van der Waals surface area contributed by atoms with Crippen LogP contribution in [0.3, 0.4) is 0 Å². The van der Waals surface area contributed by atoms with Crippen LogP contribution in [0.4, 0.5) is 0 Å². The Hall–Kier alpha value is -0.130. The van der Waals surface area contributed by atoms with Crippen molar-refractivity contribution in [2.24, 2.45) is 0 Å². The first kappa shape index (κ1) is 14.8. The zero-order valence-corrected chi connectivity index (χ0v) is 14.1.